The maximum atomic E-state index is 13.0. The van der Waals surface area contributed by atoms with Crippen LogP contribution in [0.25, 0.3) is 0 Å². The summed E-state index contributed by atoms with van der Waals surface area (Å²) in [5.41, 5.74) is 2.01. The van der Waals surface area contributed by atoms with Crippen LogP contribution >= 0.6 is 11.8 Å². The molecule has 0 saturated carbocycles. The van der Waals surface area contributed by atoms with Crippen LogP contribution < -0.4 is 0 Å². The van der Waals surface area contributed by atoms with Crippen LogP contribution in [0.15, 0.2) is 53.7 Å². The Morgan fingerprint density at radius 1 is 1.28 bits per heavy atom. The van der Waals surface area contributed by atoms with Crippen LogP contribution in [-0.4, -0.2) is 47.3 Å². The smallest absolute Gasteiger partial charge is 0.257 e. The Morgan fingerprint density at radius 2 is 2.12 bits per heavy atom. The summed E-state index contributed by atoms with van der Waals surface area (Å²) in [5.74, 6) is 0.979. The van der Waals surface area contributed by atoms with E-state index in [1.54, 1.807) is 18.0 Å². The van der Waals surface area contributed by atoms with Gasteiger partial charge in [-0.25, -0.2) is 4.98 Å². The number of pyridine rings is 1. The molecule has 1 amide bonds. The number of nitrogens with zero attached hydrogens (tertiary/aromatic N) is 2. The molecule has 1 atom stereocenters. The fourth-order valence-corrected chi connectivity index (χ4v) is 3.97. The van der Waals surface area contributed by atoms with Crippen LogP contribution in [0.4, 0.5) is 0 Å². The summed E-state index contributed by atoms with van der Waals surface area (Å²) in [4.78, 5) is 19.4. The average Bonchev–Trinajstić information content (AvgIpc) is 2.68. The zero-order chi connectivity index (χ0) is 17.5. The highest BCUT2D eigenvalue weighted by Crippen LogP contribution is 2.24. The molecule has 1 saturated heterocycles. The molecule has 0 bridgehead atoms. The van der Waals surface area contributed by atoms with Crippen molar-refractivity contribution in [3.05, 3.63) is 59.8 Å². The summed E-state index contributed by atoms with van der Waals surface area (Å²) >= 11 is 1.65. The van der Waals surface area contributed by atoms with Crippen molar-refractivity contribution in [2.75, 3.05) is 25.5 Å². The number of carbonyl (C=O) groups is 1. The summed E-state index contributed by atoms with van der Waals surface area (Å²) in [6, 6.07) is 14.3. The van der Waals surface area contributed by atoms with Gasteiger partial charge < -0.3 is 9.64 Å². The second kappa shape index (κ2) is 9.02. The molecule has 25 heavy (non-hydrogen) atoms. The van der Waals surface area contributed by atoms with Crippen molar-refractivity contribution in [3.63, 3.8) is 0 Å². The second-order valence-electron chi connectivity index (χ2n) is 6.08. The van der Waals surface area contributed by atoms with Crippen molar-refractivity contribution in [2.24, 2.45) is 0 Å². The molecule has 1 fully saturated rings. The number of ether oxygens (including phenoxy) is 1. The number of carbonyl (C=O) groups excluding carboxylic acids is 1. The van der Waals surface area contributed by atoms with Gasteiger partial charge in [-0.2, -0.15) is 0 Å². The van der Waals surface area contributed by atoms with Gasteiger partial charge in [0.2, 0.25) is 0 Å². The lowest BCUT2D eigenvalue weighted by Crippen LogP contribution is -2.48. The number of aromatic nitrogens is 1. The molecule has 4 nitrogen and oxygen atoms in total. The standard InChI is InChI=1S/C20H24N2O2S/c1-2-17-15-24-13-12-22(17)20(23)18-9-6-11-21-19(18)25-14-10-16-7-4-3-5-8-16/h3-9,11,17H,2,10,12-15H2,1H3. The van der Waals surface area contributed by atoms with E-state index in [2.05, 4.69) is 36.2 Å². The van der Waals surface area contributed by atoms with E-state index >= 15 is 0 Å². The van der Waals surface area contributed by atoms with Crippen molar-refractivity contribution in [3.8, 4) is 0 Å². The predicted octanol–water partition coefficient (Wildman–Crippen LogP) is 3.67. The van der Waals surface area contributed by atoms with E-state index in [-0.39, 0.29) is 11.9 Å². The molecule has 132 valence electrons. The van der Waals surface area contributed by atoms with Crippen molar-refractivity contribution >= 4 is 17.7 Å². The van der Waals surface area contributed by atoms with Crippen molar-refractivity contribution < 1.29 is 9.53 Å². The molecular weight excluding hydrogens is 332 g/mol. The lowest BCUT2D eigenvalue weighted by Gasteiger charge is -2.35. The van der Waals surface area contributed by atoms with E-state index in [0.29, 0.717) is 25.3 Å². The van der Waals surface area contributed by atoms with Crippen molar-refractivity contribution in [2.45, 2.75) is 30.8 Å². The number of thioether (sulfide) groups is 1. The highest BCUT2D eigenvalue weighted by atomic mass is 32.2. The molecule has 0 spiro atoms. The van der Waals surface area contributed by atoms with Gasteiger partial charge in [-0.15, -0.1) is 11.8 Å². The Bertz CT molecular complexity index is 693. The highest BCUT2D eigenvalue weighted by molar-refractivity contribution is 7.99. The number of hydrogen-bond donors (Lipinski definition) is 0. The molecule has 1 aliphatic rings. The molecule has 5 heteroatoms. The minimum Gasteiger partial charge on any atom is -0.377 e. The fraction of sp³-hybridized carbons (Fsp3) is 0.400. The molecule has 2 heterocycles. The van der Waals surface area contributed by atoms with Crippen molar-refractivity contribution in [1.82, 2.24) is 9.88 Å². The Labute approximate surface area is 153 Å². The van der Waals surface area contributed by atoms with E-state index in [0.717, 1.165) is 23.6 Å². The van der Waals surface area contributed by atoms with E-state index in [1.165, 1.54) is 5.56 Å². The van der Waals surface area contributed by atoms with E-state index in [1.807, 2.05) is 23.1 Å². The van der Waals surface area contributed by atoms with Crippen LogP contribution in [-0.2, 0) is 11.2 Å². The molecule has 3 rings (SSSR count). The summed E-state index contributed by atoms with van der Waals surface area (Å²) < 4.78 is 5.52. The van der Waals surface area contributed by atoms with E-state index in [4.69, 9.17) is 4.74 Å². The fourth-order valence-electron chi connectivity index (χ4n) is 2.99. The monoisotopic (exact) mass is 356 g/mol. The molecule has 1 aliphatic heterocycles. The second-order valence-corrected chi connectivity index (χ2v) is 7.16. The quantitative estimate of drug-likeness (QED) is 0.741. The number of benzene rings is 1. The maximum Gasteiger partial charge on any atom is 0.257 e. The van der Waals surface area contributed by atoms with Gasteiger partial charge in [0, 0.05) is 18.5 Å². The zero-order valence-corrected chi connectivity index (χ0v) is 15.4. The maximum absolute atomic E-state index is 13.0. The SMILES string of the molecule is CCC1COCCN1C(=O)c1cccnc1SCCc1ccccc1. The number of aryl methyl sites for hydroxylation is 1. The topological polar surface area (TPSA) is 42.4 Å². The molecule has 1 aromatic heterocycles. The Morgan fingerprint density at radius 3 is 2.92 bits per heavy atom. The first-order chi connectivity index (χ1) is 12.3. The highest BCUT2D eigenvalue weighted by Gasteiger charge is 2.28. The molecule has 0 N–H and O–H groups in total. The molecule has 0 radical (unpaired) electrons. The first-order valence-corrected chi connectivity index (χ1v) is 9.78. The van der Waals surface area contributed by atoms with E-state index in [9.17, 15) is 4.79 Å². The molecular formula is C20H24N2O2S. The number of rotatable bonds is 6. The molecule has 1 aromatic carbocycles. The van der Waals surface area contributed by atoms with Gasteiger partial charge in [0.15, 0.2) is 0 Å². The van der Waals surface area contributed by atoms with Crippen LogP contribution in [0.3, 0.4) is 0 Å². The summed E-state index contributed by atoms with van der Waals surface area (Å²) in [7, 11) is 0. The van der Waals surface area contributed by atoms with Gasteiger partial charge in [0.1, 0.15) is 5.03 Å². The molecule has 0 aliphatic carbocycles. The third-order valence-electron chi connectivity index (χ3n) is 4.43. The number of hydrogen-bond acceptors (Lipinski definition) is 4. The third kappa shape index (κ3) is 4.61. The van der Waals surface area contributed by atoms with Crippen LogP contribution in [0.5, 0.6) is 0 Å². The van der Waals surface area contributed by atoms with Gasteiger partial charge >= 0.3 is 0 Å². The first-order valence-electron chi connectivity index (χ1n) is 8.80. The largest absolute Gasteiger partial charge is 0.377 e. The lowest BCUT2D eigenvalue weighted by atomic mass is 10.1. The van der Waals surface area contributed by atoms with Crippen LogP contribution in [0.2, 0.25) is 0 Å². The minimum absolute atomic E-state index is 0.0745. The van der Waals surface area contributed by atoms with Crippen LogP contribution in [0, 0.1) is 0 Å². The predicted molar refractivity (Wildman–Crippen MR) is 101 cm³/mol. The minimum atomic E-state index is 0.0745. The molecule has 1 unspecified atom stereocenters. The number of amides is 1. The summed E-state index contributed by atoms with van der Waals surface area (Å²) in [5, 5.41) is 0.824. The summed E-state index contributed by atoms with van der Waals surface area (Å²) in [6.07, 6.45) is 3.63. The molecule has 2 aromatic rings. The van der Waals surface area contributed by atoms with Gasteiger partial charge in [-0.05, 0) is 30.5 Å². The van der Waals surface area contributed by atoms with Crippen LogP contribution in [0.1, 0.15) is 29.3 Å². The lowest BCUT2D eigenvalue weighted by molar-refractivity contribution is -0.00302. The average molecular weight is 356 g/mol. The summed E-state index contributed by atoms with van der Waals surface area (Å²) in [6.45, 7) is 3.98. The Kier molecular flexibility index (Phi) is 6.48. The third-order valence-corrected chi connectivity index (χ3v) is 5.44. The van der Waals surface area contributed by atoms with Gasteiger partial charge in [-0.1, -0.05) is 37.3 Å². The number of morpholine rings is 1. The Hall–Kier alpha value is -1.85. The Balaban J connectivity index is 1.68. The van der Waals surface area contributed by atoms with E-state index < -0.39 is 0 Å². The van der Waals surface area contributed by atoms with Gasteiger partial charge in [0.25, 0.3) is 5.91 Å². The van der Waals surface area contributed by atoms with Gasteiger partial charge in [0.05, 0.1) is 24.8 Å². The first kappa shape index (κ1) is 18.0. The van der Waals surface area contributed by atoms with Gasteiger partial charge in [-0.3, -0.25) is 4.79 Å². The zero-order valence-electron chi connectivity index (χ0n) is 14.6. The normalized spacial score (nSPS) is 17.5. The van der Waals surface area contributed by atoms with Crippen molar-refractivity contribution in [1.29, 1.82) is 0 Å².